The third-order valence-corrected chi connectivity index (χ3v) is 3.15. The van der Waals surface area contributed by atoms with E-state index in [2.05, 4.69) is 15.3 Å². The van der Waals surface area contributed by atoms with E-state index in [-0.39, 0.29) is 11.8 Å². The van der Waals surface area contributed by atoms with Gasteiger partial charge in [-0.1, -0.05) is 13.0 Å². The number of imidazole rings is 1. The van der Waals surface area contributed by atoms with Crippen molar-refractivity contribution in [2.75, 3.05) is 6.54 Å². The van der Waals surface area contributed by atoms with Crippen LogP contribution in [0.3, 0.4) is 0 Å². The topological polar surface area (TPSA) is 85.8 Å². The Kier molecular flexibility index (Phi) is 4.47. The van der Waals surface area contributed by atoms with Crippen LogP contribution in [0, 0.1) is 12.8 Å². The summed E-state index contributed by atoms with van der Waals surface area (Å²) < 4.78 is 1.90. The molecule has 2 aromatic rings. The first-order chi connectivity index (χ1) is 9.61. The maximum atomic E-state index is 11.6. The molecule has 0 saturated carbocycles. The summed E-state index contributed by atoms with van der Waals surface area (Å²) in [5.74, 6) is 1.48. The number of aryl methyl sites for hydroxylation is 1. The Balaban J connectivity index is 1.99. The molecule has 0 aliphatic rings. The third kappa shape index (κ3) is 3.21. The van der Waals surface area contributed by atoms with Gasteiger partial charge in [0.05, 0.1) is 0 Å². The van der Waals surface area contributed by atoms with E-state index in [4.69, 9.17) is 5.73 Å². The Morgan fingerprint density at radius 1 is 1.45 bits per heavy atom. The van der Waals surface area contributed by atoms with Gasteiger partial charge in [-0.2, -0.15) is 0 Å². The van der Waals surface area contributed by atoms with Gasteiger partial charge in [0.25, 0.3) is 0 Å². The van der Waals surface area contributed by atoms with Gasteiger partial charge in [0, 0.05) is 37.6 Å². The number of hydrogen-bond acceptors (Lipinski definition) is 4. The Labute approximate surface area is 118 Å². The van der Waals surface area contributed by atoms with Crippen molar-refractivity contribution < 1.29 is 4.79 Å². The second-order valence-corrected chi connectivity index (χ2v) is 4.72. The summed E-state index contributed by atoms with van der Waals surface area (Å²) in [4.78, 5) is 20.2. The molecule has 1 amide bonds. The van der Waals surface area contributed by atoms with Crippen LogP contribution in [0.5, 0.6) is 0 Å². The van der Waals surface area contributed by atoms with Crippen LogP contribution in [0.4, 0.5) is 0 Å². The number of aromatic nitrogens is 3. The number of nitrogens with two attached hydrogens (primary N) is 1. The average Bonchev–Trinajstić information content (AvgIpc) is 2.90. The lowest BCUT2D eigenvalue weighted by atomic mass is 10.1. The van der Waals surface area contributed by atoms with Crippen molar-refractivity contribution in [2.45, 2.75) is 20.4 Å². The number of carbonyl (C=O) groups excluding carboxylic acids is 1. The molecule has 0 bridgehead atoms. The molecular weight excluding hydrogens is 254 g/mol. The maximum absolute atomic E-state index is 11.6. The zero-order chi connectivity index (χ0) is 14.5. The van der Waals surface area contributed by atoms with Gasteiger partial charge in [-0.25, -0.2) is 9.97 Å². The van der Waals surface area contributed by atoms with Crippen molar-refractivity contribution in [3.63, 3.8) is 0 Å². The molecule has 0 saturated heterocycles. The van der Waals surface area contributed by atoms with Crippen molar-refractivity contribution in [1.82, 2.24) is 19.9 Å². The van der Waals surface area contributed by atoms with Crippen molar-refractivity contribution in [2.24, 2.45) is 11.7 Å². The minimum Gasteiger partial charge on any atom is -0.352 e. The van der Waals surface area contributed by atoms with Gasteiger partial charge in [-0.05, 0) is 18.6 Å². The Bertz CT molecular complexity index is 576. The Morgan fingerprint density at radius 2 is 2.25 bits per heavy atom. The lowest BCUT2D eigenvalue weighted by Crippen LogP contribution is -2.32. The van der Waals surface area contributed by atoms with E-state index >= 15 is 0 Å². The van der Waals surface area contributed by atoms with Crippen LogP contribution < -0.4 is 11.1 Å². The van der Waals surface area contributed by atoms with Crippen LogP contribution in [0.25, 0.3) is 5.82 Å². The highest BCUT2D eigenvalue weighted by molar-refractivity contribution is 5.78. The van der Waals surface area contributed by atoms with Crippen LogP contribution in [0.2, 0.25) is 0 Å². The summed E-state index contributed by atoms with van der Waals surface area (Å²) in [5.41, 5.74) is 6.40. The van der Waals surface area contributed by atoms with Gasteiger partial charge >= 0.3 is 0 Å². The molecule has 2 rings (SSSR count). The van der Waals surface area contributed by atoms with E-state index in [1.807, 2.05) is 29.8 Å². The van der Waals surface area contributed by atoms with Crippen molar-refractivity contribution in [3.8, 4) is 5.82 Å². The molecule has 0 aromatic carbocycles. The quantitative estimate of drug-likeness (QED) is 0.843. The molecule has 106 valence electrons. The highest BCUT2D eigenvalue weighted by Gasteiger charge is 2.10. The van der Waals surface area contributed by atoms with E-state index in [9.17, 15) is 4.79 Å². The highest BCUT2D eigenvalue weighted by atomic mass is 16.1. The van der Waals surface area contributed by atoms with Crippen LogP contribution in [-0.2, 0) is 11.3 Å². The molecule has 1 unspecified atom stereocenters. The zero-order valence-corrected chi connectivity index (χ0v) is 11.7. The van der Waals surface area contributed by atoms with Gasteiger partial charge in [0.2, 0.25) is 5.91 Å². The van der Waals surface area contributed by atoms with Crippen molar-refractivity contribution in [3.05, 3.63) is 42.1 Å². The van der Waals surface area contributed by atoms with E-state index in [1.54, 1.807) is 19.3 Å². The van der Waals surface area contributed by atoms with E-state index in [0.717, 1.165) is 17.2 Å². The van der Waals surface area contributed by atoms with Gasteiger partial charge in [-0.3, -0.25) is 9.36 Å². The number of nitrogens with one attached hydrogen (secondary N) is 1. The molecule has 2 aromatic heterocycles. The summed E-state index contributed by atoms with van der Waals surface area (Å²) in [5, 5.41) is 2.84. The molecule has 6 heteroatoms. The monoisotopic (exact) mass is 273 g/mol. The smallest absolute Gasteiger partial charge is 0.224 e. The summed E-state index contributed by atoms with van der Waals surface area (Å²) in [6.07, 6.45) is 5.35. The highest BCUT2D eigenvalue weighted by Crippen LogP contribution is 2.08. The van der Waals surface area contributed by atoms with Crippen molar-refractivity contribution in [1.29, 1.82) is 0 Å². The fraction of sp³-hybridized carbons (Fsp3) is 0.357. The SMILES string of the molecule is Cc1nccn1-c1ccc(CNC(=O)C(C)CN)cn1. The zero-order valence-electron chi connectivity index (χ0n) is 11.7. The van der Waals surface area contributed by atoms with Crippen LogP contribution in [-0.4, -0.2) is 27.0 Å². The minimum atomic E-state index is -0.171. The first kappa shape index (κ1) is 14.2. The van der Waals surface area contributed by atoms with Gasteiger partial charge in [0.15, 0.2) is 0 Å². The van der Waals surface area contributed by atoms with Crippen molar-refractivity contribution >= 4 is 5.91 Å². The fourth-order valence-electron chi connectivity index (χ4n) is 1.75. The van der Waals surface area contributed by atoms with E-state index < -0.39 is 0 Å². The third-order valence-electron chi connectivity index (χ3n) is 3.15. The lowest BCUT2D eigenvalue weighted by molar-refractivity contribution is -0.124. The van der Waals surface area contributed by atoms with Gasteiger partial charge in [0.1, 0.15) is 11.6 Å². The summed E-state index contributed by atoms with van der Waals surface area (Å²) in [6, 6.07) is 3.84. The fourth-order valence-corrected chi connectivity index (χ4v) is 1.75. The number of pyridine rings is 1. The largest absolute Gasteiger partial charge is 0.352 e. The molecular formula is C14H19N5O. The second-order valence-electron chi connectivity index (χ2n) is 4.72. The predicted molar refractivity (Wildman–Crippen MR) is 76.2 cm³/mol. The molecule has 6 nitrogen and oxygen atoms in total. The number of carbonyl (C=O) groups is 1. The number of amides is 1. The molecule has 0 spiro atoms. The average molecular weight is 273 g/mol. The summed E-state index contributed by atoms with van der Waals surface area (Å²) in [6.45, 7) is 4.53. The van der Waals surface area contributed by atoms with Crippen LogP contribution in [0.1, 0.15) is 18.3 Å². The summed E-state index contributed by atoms with van der Waals surface area (Å²) in [7, 11) is 0. The van der Waals surface area contributed by atoms with Gasteiger partial charge in [-0.15, -0.1) is 0 Å². The molecule has 0 fully saturated rings. The molecule has 0 aliphatic heterocycles. The number of rotatable bonds is 5. The number of hydrogen-bond donors (Lipinski definition) is 2. The molecule has 3 N–H and O–H groups in total. The summed E-state index contributed by atoms with van der Waals surface area (Å²) >= 11 is 0. The molecule has 20 heavy (non-hydrogen) atoms. The van der Waals surface area contributed by atoms with E-state index in [1.165, 1.54) is 0 Å². The Hall–Kier alpha value is -2.21. The lowest BCUT2D eigenvalue weighted by Gasteiger charge is -2.10. The molecule has 2 heterocycles. The standard InChI is InChI=1S/C14H19N5O/c1-10(7-15)14(20)18-9-12-3-4-13(17-8-12)19-6-5-16-11(19)2/h3-6,8,10H,7,9,15H2,1-2H3,(H,18,20). The molecule has 1 atom stereocenters. The normalized spacial score (nSPS) is 12.2. The number of nitrogens with zero attached hydrogens (tertiary/aromatic N) is 3. The molecule has 0 radical (unpaired) electrons. The van der Waals surface area contributed by atoms with Crippen LogP contribution in [0.15, 0.2) is 30.7 Å². The van der Waals surface area contributed by atoms with E-state index in [0.29, 0.717) is 13.1 Å². The first-order valence-electron chi connectivity index (χ1n) is 6.55. The second kappa shape index (κ2) is 6.29. The first-order valence-corrected chi connectivity index (χ1v) is 6.55. The predicted octanol–water partition coefficient (Wildman–Crippen LogP) is 0.787. The Morgan fingerprint density at radius 3 is 2.80 bits per heavy atom. The van der Waals surface area contributed by atoms with Gasteiger partial charge < -0.3 is 11.1 Å². The minimum absolute atomic E-state index is 0.0398. The maximum Gasteiger partial charge on any atom is 0.224 e. The molecule has 0 aliphatic carbocycles. The van der Waals surface area contributed by atoms with Crippen LogP contribution >= 0.6 is 0 Å².